The molecule has 6 heteroatoms. The van der Waals surface area contributed by atoms with Crippen LogP contribution in [0.15, 0.2) is 42.5 Å². The van der Waals surface area contributed by atoms with Gasteiger partial charge in [0.05, 0.1) is 19.6 Å². The number of rotatable bonds is 7. The maximum Gasteiger partial charge on any atom is 0.307 e. The van der Waals surface area contributed by atoms with E-state index in [2.05, 4.69) is 5.32 Å². The van der Waals surface area contributed by atoms with Gasteiger partial charge in [0.2, 0.25) is 0 Å². The third kappa shape index (κ3) is 5.00. The SMILES string of the molecule is COc1cc(C(=O)Nc2cccc(CC(=O)O)c2)ccc1OC1CCCC1. The molecule has 2 N–H and O–H groups in total. The van der Waals surface area contributed by atoms with Crippen LogP contribution in [0.5, 0.6) is 11.5 Å². The van der Waals surface area contributed by atoms with Crippen LogP contribution in [-0.4, -0.2) is 30.2 Å². The minimum Gasteiger partial charge on any atom is -0.493 e. The van der Waals surface area contributed by atoms with Gasteiger partial charge in [-0.1, -0.05) is 12.1 Å². The zero-order valence-electron chi connectivity index (χ0n) is 15.2. The van der Waals surface area contributed by atoms with Crippen LogP contribution >= 0.6 is 0 Å². The van der Waals surface area contributed by atoms with Crippen molar-refractivity contribution in [1.29, 1.82) is 0 Å². The highest BCUT2D eigenvalue weighted by Crippen LogP contribution is 2.32. The predicted molar refractivity (Wildman–Crippen MR) is 102 cm³/mol. The lowest BCUT2D eigenvalue weighted by Gasteiger charge is -2.16. The second-order valence-electron chi connectivity index (χ2n) is 6.61. The molecule has 0 aliphatic heterocycles. The molecule has 27 heavy (non-hydrogen) atoms. The van der Waals surface area contributed by atoms with Crippen molar-refractivity contribution in [2.24, 2.45) is 0 Å². The minimum atomic E-state index is -0.916. The van der Waals surface area contributed by atoms with Crippen LogP contribution < -0.4 is 14.8 Å². The first-order chi connectivity index (χ1) is 13.0. The molecule has 0 saturated heterocycles. The van der Waals surface area contributed by atoms with E-state index in [0.29, 0.717) is 28.3 Å². The Hall–Kier alpha value is -3.02. The molecule has 1 saturated carbocycles. The summed E-state index contributed by atoms with van der Waals surface area (Å²) in [4.78, 5) is 23.4. The maximum absolute atomic E-state index is 12.5. The number of carboxylic acid groups (broad SMARTS) is 1. The van der Waals surface area contributed by atoms with Crippen LogP contribution in [0.3, 0.4) is 0 Å². The van der Waals surface area contributed by atoms with E-state index >= 15 is 0 Å². The van der Waals surface area contributed by atoms with Crippen LogP contribution in [-0.2, 0) is 11.2 Å². The molecule has 1 aliphatic rings. The van der Waals surface area contributed by atoms with Gasteiger partial charge >= 0.3 is 5.97 Å². The van der Waals surface area contributed by atoms with Crippen LogP contribution in [0.2, 0.25) is 0 Å². The Morgan fingerprint density at radius 2 is 1.89 bits per heavy atom. The monoisotopic (exact) mass is 369 g/mol. The first-order valence-corrected chi connectivity index (χ1v) is 9.02. The largest absolute Gasteiger partial charge is 0.493 e. The van der Waals surface area contributed by atoms with Gasteiger partial charge in [0.1, 0.15) is 0 Å². The second-order valence-corrected chi connectivity index (χ2v) is 6.61. The summed E-state index contributed by atoms with van der Waals surface area (Å²) in [6.45, 7) is 0. The molecule has 6 nitrogen and oxygen atoms in total. The van der Waals surface area contributed by atoms with Crippen LogP contribution in [0, 0.1) is 0 Å². The van der Waals surface area contributed by atoms with Crippen molar-refractivity contribution in [3.05, 3.63) is 53.6 Å². The van der Waals surface area contributed by atoms with E-state index in [1.807, 2.05) is 0 Å². The summed E-state index contributed by atoms with van der Waals surface area (Å²) in [5.74, 6) is -0.0483. The highest BCUT2D eigenvalue weighted by atomic mass is 16.5. The normalized spacial score (nSPS) is 14.0. The molecular weight excluding hydrogens is 346 g/mol. The van der Waals surface area contributed by atoms with Crippen LogP contribution in [0.25, 0.3) is 0 Å². The molecule has 1 aliphatic carbocycles. The van der Waals surface area contributed by atoms with Gasteiger partial charge in [-0.05, 0) is 61.6 Å². The Balaban J connectivity index is 1.71. The van der Waals surface area contributed by atoms with Crippen LogP contribution in [0.1, 0.15) is 41.6 Å². The standard InChI is InChI=1S/C21H23NO5/c1-26-19-13-15(9-10-18(19)27-17-7-2-3-8-17)21(25)22-16-6-4-5-14(11-16)12-20(23)24/h4-6,9-11,13,17H,2-3,7-8,12H2,1H3,(H,22,25)(H,23,24). The number of benzene rings is 2. The molecule has 2 aromatic carbocycles. The molecule has 142 valence electrons. The molecule has 0 spiro atoms. The van der Waals surface area contributed by atoms with E-state index < -0.39 is 5.97 Å². The van der Waals surface area contributed by atoms with Crippen molar-refractivity contribution < 1.29 is 24.2 Å². The van der Waals surface area contributed by atoms with Crippen molar-refractivity contribution >= 4 is 17.6 Å². The molecule has 0 heterocycles. The maximum atomic E-state index is 12.5. The van der Waals surface area contributed by atoms with Crippen molar-refractivity contribution in [2.75, 3.05) is 12.4 Å². The third-order valence-electron chi connectivity index (χ3n) is 4.56. The summed E-state index contributed by atoms with van der Waals surface area (Å²) in [6, 6.07) is 11.9. The highest BCUT2D eigenvalue weighted by molar-refractivity contribution is 6.04. The summed E-state index contributed by atoms with van der Waals surface area (Å²) >= 11 is 0. The Kier molecular flexibility index (Phi) is 5.96. The average molecular weight is 369 g/mol. The summed E-state index contributed by atoms with van der Waals surface area (Å²) in [7, 11) is 1.55. The van der Waals surface area contributed by atoms with E-state index in [9.17, 15) is 9.59 Å². The van der Waals surface area contributed by atoms with Gasteiger partial charge in [-0.2, -0.15) is 0 Å². The van der Waals surface area contributed by atoms with Gasteiger partial charge in [-0.3, -0.25) is 9.59 Å². The smallest absolute Gasteiger partial charge is 0.307 e. The molecule has 0 atom stereocenters. The van der Waals surface area contributed by atoms with E-state index in [0.717, 1.165) is 12.8 Å². The Morgan fingerprint density at radius 1 is 1.11 bits per heavy atom. The molecule has 0 unspecified atom stereocenters. The number of carbonyl (C=O) groups excluding carboxylic acids is 1. The Morgan fingerprint density at radius 3 is 2.59 bits per heavy atom. The summed E-state index contributed by atoms with van der Waals surface area (Å²) in [5.41, 5.74) is 1.61. The first kappa shape index (κ1) is 18.8. The number of methoxy groups -OCH3 is 1. The number of aliphatic carboxylic acids is 1. The van der Waals surface area contributed by atoms with Crippen molar-refractivity contribution in [3.8, 4) is 11.5 Å². The lowest BCUT2D eigenvalue weighted by molar-refractivity contribution is -0.136. The quantitative estimate of drug-likeness (QED) is 0.773. The zero-order valence-corrected chi connectivity index (χ0v) is 15.2. The number of nitrogens with one attached hydrogen (secondary N) is 1. The average Bonchev–Trinajstić information content (AvgIpc) is 3.15. The van der Waals surface area contributed by atoms with Crippen molar-refractivity contribution in [1.82, 2.24) is 0 Å². The number of hydrogen-bond donors (Lipinski definition) is 2. The number of hydrogen-bond acceptors (Lipinski definition) is 4. The summed E-state index contributed by atoms with van der Waals surface area (Å²) < 4.78 is 11.4. The van der Waals surface area contributed by atoms with Crippen LogP contribution in [0.4, 0.5) is 5.69 Å². The number of carbonyl (C=O) groups is 2. The fraction of sp³-hybridized carbons (Fsp3) is 0.333. The number of amides is 1. The van der Waals surface area contributed by atoms with Gasteiger partial charge in [-0.25, -0.2) is 0 Å². The van der Waals surface area contributed by atoms with E-state index in [-0.39, 0.29) is 18.4 Å². The molecular formula is C21H23NO5. The molecule has 0 bridgehead atoms. The molecule has 3 rings (SSSR count). The van der Waals surface area contributed by atoms with E-state index in [1.165, 1.54) is 12.8 Å². The molecule has 2 aromatic rings. The number of ether oxygens (including phenoxy) is 2. The lowest BCUT2D eigenvalue weighted by atomic mass is 10.1. The second kappa shape index (κ2) is 8.58. The van der Waals surface area contributed by atoms with Gasteiger partial charge in [-0.15, -0.1) is 0 Å². The van der Waals surface area contributed by atoms with E-state index in [4.69, 9.17) is 14.6 Å². The fourth-order valence-electron chi connectivity index (χ4n) is 3.23. The molecule has 0 aromatic heterocycles. The third-order valence-corrected chi connectivity index (χ3v) is 4.56. The van der Waals surface area contributed by atoms with Gasteiger partial charge < -0.3 is 19.9 Å². The fourth-order valence-corrected chi connectivity index (χ4v) is 3.23. The molecule has 0 radical (unpaired) electrons. The first-order valence-electron chi connectivity index (χ1n) is 9.02. The summed E-state index contributed by atoms with van der Waals surface area (Å²) in [5, 5.41) is 11.7. The van der Waals surface area contributed by atoms with Crippen molar-refractivity contribution in [3.63, 3.8) is 0 Å². The Labute approximate surface area is 158 Å². The minimum absolute atomic E-state index is 0.0925. The zero-order chi connectivity index (χ0) is 19.2. The van der Waals surface area contributed by atoms with Crippen molar-refractivity contribution in [2.45, 2.75) is 38.2 Å². The topological polar surface area (TPSA) is 84.9 Å². The van der Waals surface area contributed by atoms with Gasteiger partial charge in [0.25, 0.3) is 5.91 Å². The van der Waals surface area contributed by atoms with Gasteiger partial charge in [0, 0.05) is 11.3 Å². The Bertz CT molecular complexity index is 827. The van der Waals surface area contributed by atoms with Gasteiger partial charge in [0.15, 0.2) is 11.5 Å². The number of anilines is 1. The number of carboxylic acids is 1. The predicted octanol–water partition coefficient (Wildman–Crippen LogP) is 3.90. The molecule has 1 fully saturated rings. The highest BCUT2D eigenvalue weighted by Gasteiger charge is 2.19. The lowest BCUT2D eigenvalue weighted by Crippen LogP contribution is -2.14. The summed E-state index contributed by atoms with van der Waals surface area (Å²) in [6.07, 6.45) is 4.54. The molecule has 1 amide bonds. The van der Waals surface area contributed by atoms with E-state index in [1.54, 1.807) is 49.6 Å².